The van der Waals surface area contributed by atoms with Gasteiger partial charge in [0.05, 0.1) is 5.70 Å². The molecule has 0 spiro atoms. The number of pyridine rings is 1. The number of para-hydroxylation sites is 1. The standard InChI is InChI=1S/C27H31N5/c1-20-18-25(22-12-14-28-15-13-22)29-27(30(20)3)31-16-6-10-24(19-31)21(2)32-17-7-9-23-8-4-5-11-26(23)32/h4-5,8,11-15,18,24H,1-2,6-7,9-10,16-17,19H2,3H3. The lowest BCUT2D eigenvalue weighted by Crippen LogP contribution is -2.49. The average Bonchev–Trinajstić information content (AvgIpc) is 2.85. The number of nitrogens with zero attached hydrogens (tertiary/aromatic N) is 5. The molecule has 32 heavy (non-hydrogen) atoms. The number of likely N-dealkylation sites (tertiary alicyclic amines) is 1. The Morgan fingerprint density at radius 2 is 1.88 bits per heavy atom. The Balaban J connectivity index is 1.38. The van der Waals surface area contributed by atoms with Crippen LogP contribution in [-0.2, 0) is 6.42 Å². The summed E-state index contributed by atoms with van der Waals surface area (Å²) in [6, 6.07) is 12.8. The Morgan fingerprint density at radius 3 is 2.72 bits per heavy atom. The fraction of sp³-hybridized carbons (Fsp3) is 0.333. The van der Waals surface area contributed by atoms with Gasteiger partial charge in [0.1, 0.15) is 0 Å². The highest BCUT2D eigenvalue weighted by atomic mass is 15.4. The first kappa shape index (κ1) is 20.6. The molecule has 0 aliphatic carbocycles. The SMILES string of the molecule is C=C1C=C(c2ccncc2)N=C(N2CCCC(C(=C)N3CCCc4ccccc43)C2)N1C. The lowest BCUT2D eigenvalue weighted by Gasteiger charge is -2.43. The van der Waals surface area contributed by atoms with Crippen LogP contribution in [-0.4, -0.2) is 47.4 Å². The fourth-order valence-corrected chi connectivity index (χ4v) is 5.03. The summed E-state index contributed by atoms with van der Waals surface area (Å²) < 4.78 is 0. The molecule has 1 saturated heterocycles. The van der Waals surface area contributed by atoms with Crippen LogP contribution in [0, 0.1) is 5.92 Å². The molecule has 5 rings (SSSR count). The molecule has 0 N–H and O–H groups in total. The highest BCUT2D eigenvalue weighted by molar-refractivity contribution is 5.91. The van der Waals surface area contributed by atoms with Crippen LogP contribution in [0.1, 0.15) is 30.4 Å². The molecule has 164 valence electrons. The van der Waals surface area contributed by atoms with Crippen molar-refractivity contribution in [1.82, 2.24) is 14.8 Å². The monoisotopic (exact) mass is 425 g/mol. The number of allylic oxidation sites excluding steroid dienone is 1. The number of aromatic nitrogens is 1. The van der Waals surface area contributed by atoms with Gasteiger partial charge < -0.3 is 14.7 Å². The number of rotatable bonds is 3. The third kappa shape index (κ3) is 3.83. The summed E-state index contributed by atoms with van der Waals surface area (Å²) in [5.41, 5.74) is 6.97. The van der Waals surface area contributed by atoms with Crippen molar-refractivity contribution in [1.29, 1.82) is 0 Å². The molecule has 0 radical (unpaired) electrons. The number of guanidine groups is 1. The van der Waals surface area contributed by atoms with E-state index >= 15 is 0 Å². The van der Waals surface area contributed by atoms with E-state index in [1.54, 1.807) is 0 Å². The van der Waals surface area contributed by atoms with E-state index in [1.165, 1.54) is 29.8 Å². The van der Waals surface area contributed by atoms with Crippen LogP contribution in [0.2, 0.25) is 0 Å². The topological polar surface area (TPSA) is 35.0 Å². The number of fused-ring (bicyclic) bond motifs is 1. The summed E-state index contributed by atoms with van der Waals surface area (Å²) in [6.07, 6.45) is 10.3. The molecule has 1 aromatic carbocycles. The molecule has 0 bridgehead atoms. The molecule has 5 heteroatoms. The first-order chi connectivity index (χ1) is 15.6. The van der Waals surface area contributed by atoms with Crippen LogP contribution in [0.3, 0.4) is 0 Å². The van der Waals surface area contributed by atoms with Crippen molar-refractivity contribution in [2.75, 3.05) is 31.6 Å². The molecule has 1 aromatic heterocycles. The Kier molecular flexibility index (Phi) is 5.56. The molecule has 1 unspecified atom stereocenters. The van der Waals surface area contributed by atoms with E-state index in [0.717, 1.165) is 55.4 Å². The molecule has 5 nitrogen and oxygen atoms in total. The van der Waals surface area contributed by atoms with Gasteiger partial charge in [0.15, 0.2) is 0 Å². The summed E-state index contributed by atoms with van der Waals surface area (Å²) in [5, 5.41) is 0. The first-order valence-electron chi connectivity index (χ1n) is 11.5. The average molecular weight is 426 g/mol. The van der Waals surface area contributed by atoms with Crippen molar-refractivity contribution in [3.8, 4) is 0 Å². The lowest BCUT2D eigenvalue weighted by molar-refractivity contribution is 0.260. The smallest absolute Gasteiger partial charge is 0.206 e. The van der Waals surface area contributed by atoms with Crippen molar-refractivity contribution in [2.24, 2.45) is 10.9 Å². The minimum Gasteiger partial charge on any atom is -0.345 e. The van der Waals surface area contributed by atoms with Gasteiger partial charge in [-0.15, -0.1) is 0 Å². The van der Waals surface area contributed by atoms with Gasteiger partial charge >= 0.3 is 0 Å². The summed E-state index contributed by atoms with van der Waals surface area (Å²) >= 11 is 0. The molecule has 4 heterocycles. The van der Waals surface area contributed by atoms with Crippen LogP contribution in [0.15, 0.2) is 84.4 Å². The largest absolute Gasteiger partial charge is 0.345 e. The third-order valence-electron chi connectivity index (χ3n) is 6.86. The Labute approximate surface area is 191 Å². The predicted molar refractivity (Wildman–Crippen MR) is 132 cm³/mol. The molecule has 1 fully saturated rings. The van der Waals surface area contributed by atoms with Gasteiger partial charge in [0, 0.05) is 67.6 Å². The van der Waals surface area contributed by atoms with Crippen LogP contribution in [0.4, 0.5) is 5.69 Å². The Morgan fingerprint density at radius 1 is 1.06 bits per heavy atom. The van der Waals surface area contributed by atoms with Gasteiger partial charge in [-0.05, 0) is 55.5 Å². The van der Waals surface area contributed by atoms with Gasteiger partial charge in [-0.1, -0.05) is 31.4 Å². The van der Waals surface area contributed by atoms with Crippen molar-refractivity contribution in [3.63, 3.8) is 0 Å². The second-order valence-electron chi connectivity index (χ2n) is 8.89. The highest BCUT2D eigenvalue weighted by Gasteiger charge is 2.31. The normalized spacial score (nSPS) is 21.1. The van der Waals surface area contributed by atoms with Gasteiger partial charge in [-0.3, -0.25) is 4.98 Å². The first-order valence-corrected chi connectivity index (χ1v) is 11.5. The van der Waals surface area contributed by atoms with E-state index in [2.05, 4.69) is 64.2 Å². The molecule has 0 amide bonds. The van der Waals surface area contributed by atoms with E-state index in [9.17, 15) is 0 Å². The minimum absolute atomic E-state index is 0.412. The minimum atomic E-state index is 0.412. The van der Waals surface area contributed by atoms with E-state index in [1.807, 2.05) is 30.6 Å². The number of likely N-dealkylation sites (N-methyl/N-ethyl adjacent to an activating group) is 1. The van der Waals surface area contributed by atoms with E-state index in [0.29, 0.717) is 5.92 Å². The lowest BCUT2D eigenvalue weighted by atomic mass is 9.92. The van der Waals surface area contributed by atoms with Crippen LogP contribution >= 0.6 is 0 Å². The molecule has 3 aliphatic heterocycles. The summed E-state index contributed by atoms with van der Waals surface area (Å²) in [4.78, 5) is 16.2. The summed E-state index contributed by atoms with van der Waals surface area (Å²) in [5.74, 6) is 1.38. The van der Waals surface area contributed by atoms with Crippen molar-refractivity contribution in [3.05, 3.63) is 90.5 Å². The van der Waals surface area contributed by atoms with Crippen LogP contribution < -0.4 is 4.90 Å². The maximum atomic E-state index is 5.05. The third-order valence-corrected chi connectivity index (χ3v) is 6.86. The van der Waals surface area contributed by atoms with Gasteiger partial charge in [-0.25, -0.2) is 4.99 Å². The van der Waals surface area contributed by atoms with E-state index in [4.69, 9.17) is 4.99 Å². The highest BCUT2D eigenvalue weighted by Crippen LogP contribution is 2.35. The number of hydrogen-bond acceptors (Lipinski definition) is 5. The van der Waals surface area contributed by atoms with Crippen molar-refractivity contribution in [2.45, 2.75) is 25.7 Å². The van der Waals surface area contributed by atoms with Crippen molar-refractivity contribution < 1.29 is 0 Å². The number of aliphatic imine (C=N–C) groups is 1. The van der Waals surface area contributed by atoms with Gasteiger partial charge in [-0.2, -0.15) is 0 Å². The second-order valence-corrected chi connectivity index (χ2v) is 8.89. The zero-order valence-electron chi connectivity index (χ0n) is 18.9. The van der Waals surface area contributed by atoms with Crippen LogP contribution in [0.25, 0.3) is 5.70 Å². The maximum Gasteiger partial charge on any atom is 0.206 e. The number of aryl methyl sites for hydroxylation is 1. The van der Waals surface area contributed by atoms with Crippen molar-refractivity contribution >= 4 is 17.3 Å². The second kappa shape index (κ2) is 8.65. The molecular weight excluding hydrogens is 394 g/mol. The van der Waals surface area contributed by atoms with Gasteiger partial charge in [0.25, 0.3) is 0 Å². The molecule has 1 atom stereocenters. The van der Waals surface area contributed by atoms with E-state index < -0.39 is 0 Å². The zero-order chi connectivity index (χ0) is 22.1. The molecule has 2 aromatic rings. The summed E-state index contributed by atoms with van der Waals surface area (Å²) in [7, 11) is 2.06. The zero-order valence-corrected chi connectivity index (χ0v) is 18.9. The molecule has 3 aliphatic rings. The number of hydrogen-bond donors (Lipinski definition) is 0. The summed E-state index contributed by atoms with van der Waals surface area (Å²) in [6.45, 7) is 11.8. The molecular formula is C27H31N5. The quantitative estimate of drug-likeness (QED) is 0.699. The van der Waals surface area contributed by atoms with Crippen LogP contribution in [0.5, 0.6) is 0 Å². The van der Waals surface area contributed by atoms with E-state index in [-0.39, 0.29) is 0 Å². The Hall–Kier alpha value is -3.34. The Bertz CT molecular complexity index is 1080. The number of benzene rings is 1. The van der Waals surface area contributed by atoms with Gasteiger partial charge in [0.2, 0.25) is 5.96 Å². The number of piperidine rings is 1. The predicted octanol–water partition coefficient (Wildman–Crippen LogP) is 4.92. The maximum absolute atomic E-state index is 5.05. The fourth-order valence-electron chi connectivity index (χ4n) is 5.03. The number of anilines is 1. The molecule has 0 saturated carbocycles.